The summed E-state index contributed by atoms with van der Waals surface area (Å²) in [6, 6.07) is 6.07. The van der Waals surface area contributed by atoms with Crippen LogP contribution in [0.2, 0.25) is 0 Å². The molecule has 0 aliphatic carbocycles. The molecule has 2 aromatic rings. The summed E-state index contributed by atoms with van der Waals surface area (Å²) >= 11 is 0. The van der Waals surface area contributed by atoms with Crippen LogP contribution in [0.3, 0.4) is 0 Å². The highest BCUT2D eigenvalue weighted by atomic mass is 19.1. The van der Waals surface area contributed by atoms with Gasteiger partial charge in [-0.05, 0) is 18.2 Å². The summed E-state index contributed by atoms with van der Waals surface area (Å²) in [6.07, 6.45) is 3.01. The van der Waals surface area contributed by atoms with Gasteiger partial charge in [-0.25, -0.2) is 13.8 Å². The standard InChI is InChI=1S/C17H16F2N2O3/c18-12-2-3-15(14(19)9-12)21-17(22)11-1-4-16(20-10-11)24-13-5-7-23-8-6-13/h1-4,9-10,13H,5-8H2,(H,21,22). The van der Waals surface area contributed by atoms with E-state index in [-0.39, 0.29) is 17.4 Å². The SMILES string of the molecule is O=C(Nc1ccc(F)cc1F)c1ccc(OC2CCOCC2)nc1. The van der Waals surface area contributed by atoms with Crippen LogP contribution >= 0.6 is 0 Å². The molecule has 1 N–H and O–H groups in total. The highest BCUT2D eigenvalue weighted by molar-refractivity contribution is 6.04. The predicted octanol–water partition coefficient (Wildman–Crippen LogP) is 3.17. The third-order valence-corrected chi connectivity index (χ3v) is 3.63. The quantitative estimate of drug-likeness (QED) is 0.933. The second-order valence-corrected chi connectivity index (χ2v) is 5.39. The molecule has 24 heavy (non-hydrogen) atoms. The Hall–Kier alpha value is -2.54. The van der Waals surface area contributed by atoms with Gasteiger partial charge in [-0.2, -0.15) is 0 Å². The van der Waals surface area contributed by atoms with Crippen LogP contribution in [-0.2, 0) is 4.74 Å². The number of carbonyl (C=O) groups is 1. The van der Waals surface area contributed by atoms with Gasteiger partial charge in [0.05, 0.1) is 24.5 Å². The monoisotopic (exact) mass is 334 g/mol. The Kier molecular flexibility index (Phi) is 5.00. The number of nitrogens with one attached hydrogen (secondary N) is 1. The lowest BCUT2D eigenvalue weighted by Crippen LogP contribution is -2.26. The van der Waals surface area contributed by atoms with E-state index in [1.54, 1.807) is 12.1 Å². The van der Waals surface area contributed by atoms with Crippen molar-refractivity contribution in [2.75, 3.05) is 18.5 Å². The van der Waals surface area contributed by atoms with Gasteiger partial charge in [0.1, 0.15) is 17.7 Å². The molecule has 0 bridgehead atoms. The number of anilines is 1. The van der Waals surface area contributed by atoms with E-state index in [1.807, 2.05) is 0 Å². The second-order valence-electron chi connectivity index (χ2n) is 5.39. The van der Waals surface area contributed by atoms with E-state index in [0.29, 0.717) is 25.2 Å². The second kappa shape index (κ2) is 7.35. The summed E-state index contributed by atoms with van der Waals surface area (Å²) in [5.41, 5.74) is 0.155. The van der Waals surface area contributed by atoms with Crippen LogP contribution in [0.1, 0.15) is 23.2 Å². The molecular formula is C17H16F2N2O3. The number of benzene rings is 1. The van der Waals surface area contributed by atoms with Crippen molar-refractivity contribution in [3.63, 3.8) is 0 Å². The van der Waals surface area contributed by atoms with Gasteiger partial charge < -0.3 is 14.8 Å². The van der Waals surface area contributed by atoms with Crippen molar-refractivity contribution in [2.24, 2.45) is 0 Å². The van der Waals surface area contributed by atoms with Gasteiger partial charge in [0.2, 0.25) is 5.88 Å². The summed E-state index contributed by atoms with van der Waals surface area (Å²) in [4.78, 5) is 16.2. The van der Waals surface area contributed by atoms with E-state index in [4.69, 9.17) is 9.47 Å². The van der Waals surface area contributed by atoms with E-state index in [9.17, 15) is 13.6 Å². The van der Waals surface area contributed by atoms with Crippen molar-refractivity contribution in [1.82, 2.24) is 4.98 Å². The summed E-state index contributed by atoms with van der Waals surface area (Å²) in [6.45, 7) is 1.32. The van der Waals surface area contributed by atoms with Crippen molar-refractivity contribution in [3.8, 4) is 5.88 Å². The number of pyridine rings is 1. The molecule has 0 radical (unpaired) electrons. The van der Waals surface area contributed by atoms with Crippen molar-refractivity contribution >= 4 is 11.6 Å². The van der Waals surface area contributed by atoms with Crippen LogP contribution in [0.4, 0.5) is 14.5 Å². The fourth-order valence-electron chi connectivity index (χ4n) is 2.33. The molecule has 0 spiro atoms. The topological polar surface area (TPSA) is 60.5 Å². The smallest absolute Gasteiger partial charge is 0.257 e. The van der Waals surface area contributed by atoms with Gasteiger partial charge in [-0.1, -0.05) is 0 Å². The molecule has 7 heteroatoms. The Morgan fingerprint density at radius 3 is 2.67 bits per heavy atom. The number of rotatable bonds is 4. The third kappa shape index (κ3) is 4.05. The van der Waals surface area contributed by atoms with Crippen molar-refractivity contribution in [3.05, 3.63) is 53.7 Å². The molecule has 0 saturated carbocycles. The largest absolute Gasteiger partial charge is 0.474 e. The Labute approximate surface area is 137 Å². The predicted molar refractivity (Wildman–Crippen MR) is 83.0 cm³/mol. The molecule has 1 amide bonds. The maximum absolute atomic E-state index is 13.6. The third-order valence-electron chi connectivity index (χ3n) is 3.63. The molecule has 0 atom stereocenters. The summed E-state index contributed by atoms with van der Waals surface area (Å²) in [5, 5.41) is 2.38. The van der Waals surface area contributed by atoms with Crippen molar-refractivity contribution in [2.45, 2.75) is 18.9 Å². The number of halogens is 2. The molecule has 3 rings (SSSR count). The Bertz CT molecular complexity index is 716. The number of hydrogen-bond acceptors (Lipinski definition) is 4. The number of amides is 1. The lowest BCUT2D eigenvalue weighted by Gasteiger charge is -2.22. The lowest BCUT2D eigenvalue weighted by atomic mass is 10.1. The first kappa shape index (κ1) is 16.3. The zero-order chi connectivity index (χ0) is 16.9. The highest BCUT2D eigenvalue weighted by Crippen LogP contribution is 2.18. The van der Waals surface area contributed by atoms with Crippen molar-refractivity contribution < 1.29 is 23.0 Å². The van der Waals surface area contributed by atoms with E-state index in [0.717, 1.165) is 18.9 Å². The molecular weight excluding hydrogens is 318 g/mol. The highest BCUT2D eigenvalue weighted by Gasteiger charge is 2.16. The average molecular weight is 334 g/mol. The van der Waals surface area contributed by atoms with Crippen LogP contribution in [0.25, 0.3) is 0 Å². The minimum atomic E-state index is -0.837. The normalized spacial score (nSPS) is 15.1. The minimum Gasteiger partial charge on any atom is -0.474 e. The molecule has 1 fully saturated rings. The van der Waals surface area contributed by atoms with Crippen LogP contribution in [0.15, 0.2) is 36.5 Å². The van der Waals surface area contributed by atoms with Gasteiger partial charge in [-0.15, -0.1) is 0 Å². The number of nitrogens with zero attached hydrogens (tertiary/aromatic N) is 1. The first-order valence-corrected chi connectivity index (χ1v) is 7.58. The van der Waals surface area contributed by atoms with Crippen molar-refractivity contribution in [1.29, 1.82) is 0 Å². The Morgan fingerprint density at radius 2 is 2.00 bits per heavy atom. The summed E-state index contributed by atoms with van der Waals surface area (Å²) in [7, 11) is 0. The van der Waals surface area contributed by atoms with Gasteiger partial charge in [0, 0.05) is 31.2 Å². The number of ether oxygens (including phenoxy) is 2. The Morgan fingerprint density at radius 1 is 1.21 bits per heavy atom. The summed E-state index contributed by atoms with van der Waals surface area (Å²) < 4.78 is 37.4. The Balaban J connectivity index is 1.62. The van der Waals surface area contributed by atoms with Gasteiger partial charge in [-0.3, -0.25) is 4.79 Å². The van der Waals surface area contributed by atoms with Crippen LogP contribution in [0.5, 0.6) is 5.88 Å². The average Bonchev–Trinajstić information content (AvgIpc) is 2.59. The fraction of sp³-hybridized carbons (Fsp3) is 0.294. The first-order valence-electron chi connectivity index (χ1n) is 7.58. The minimum absolute atomic E-state index is 0.0548. The molecule has 0 unspecified atom stereocenters. The zero-order valence-corrected chi connectivity index (χ0v) is 12.8. The first-order chi connectivity index (χ1) is 11.6. The maximum Gasteiger partial charge on any atom is 0.257 e. The number of hydrogen-bond donors (Lipinski definition) is 1. The molecule has 126 valence electrons. The molecule has 1 aliphatic heterocycles. The van der Waals surface area contributed by atoms with Gasteiger partial charge in [0.25, 0.3) is 5.91 Å². The van der Waals surface area contributed by atoms with E-state index in [1.165, 1.54) is 12.3 Å². The summed E-state index contributed by atoms with van der Waals surface area (Å²) in [5.74, 6) is -1.66. The van der Waals surface area contributed by atoms with Gasteiger partial charge in [0.15, 0.2) is 0 Å². The molecule has 1 saturated heterocycles. The van der Waals surface area contributed by atoms with Gasteiger partial charge >= 0.3 is 0 Å². The number of aromatic nitrogens is 1. The van der Waals surface area contributed by atoms with Crippen LogP contribution < -0.4 is 10.1 Å². The molecule has 5 nitrogen and oxygen atoms in total. The molecule has 2 heterocycles. The number of carbonyl (C=O) groups excluding carboxylic acids is 1. The zero-order valence-electron chi connectivity index (χ0n) is 12.8. The van der Waals surface area contributed by atoms with E-state index < -0.39 is 17.5 Å². The van der Waals surface area contributed by atoms with Crippen LogP contribution in [-0.4, -0.2) is 30.2 Å². The van der Waals surface area contributed by atoms with Crippen LogP contribution in [0, 0.1) is 11.6 Å². The lowest BCUT2D eigenvalue weighted by molar-refractivity contribution is 0.0237. The fourth-order valence-corrected chi connectivity index (χ4v) is 2.33. The van der Waals surface area contributed by atoms with E-state index >= 15 is 0 Å². The molecule has 1 aliphatic rings. The maximum atomic E-state index is 13.6. The molecule has 1 aromatic heterocycles. The van der Waals surface area contributed by atoms with E-state index in [2.05, 4.69) is 10.3 Å². The molecule has 1 aromatic carbocycles.